The fourth-order valence-corrected chi connectivity index (χ4v) is 10.1. The number of carbonyl (C=O) groups excluding carboxylic acids is 1. The first-order chi connectivity index (χ1) is 27.9. The van der Waals surface area contributed by atoms with Crippen molar-refractivity contribution in [2.75, 3.05) is 44.6 Å². The van der Waals surface area contributed by atoms with Crippen LogP contribution in [0.3, 0.4) is 0 Å². The third-order valence-electron chi connectivity index (χ3n) is 12.8. The van der Waals surface area contributed by atoms with Crippen molar-refractivity contribution in [1.29, 1.82) is 0 Å². The van der Waals surface area contributed by atoms with E-state index >= 15 is 0 Å². The molecule has 3 aliphatic rings. The second-order valence-corrected chi connectivity index (χ2v) is 20.4. The van der Waals surface area contributed by atoms with Gasteiger partial charge in [-0.2, -0.15) is 5.10 Å². The number of hydrogen-bond donors (Lipinski definition) is 3. The summed E-state index contributed by atoms with van der Waals surface area (Å²) in [6.07, 6.45) is 15.4. The minimum atomic E-state index is -3.74. The Kier molecular flexibility index (Phi) is 13.4. The van der Waals surface area contributed by atoms with Gasteiger partial charge in [0.1, 0.15) is 22.8 Å². The summed E-state index contributed by atoms with van der Waals surface area (Å²) in [7, 11) is -3.74. The molecule has 58 heavy (non-hydrogen) atoms. The number of carbonyl (C=O) groups is 1. The molecule has 7 rings (SSSR count). The number of anilines is 2. The summed E-state index contributed by atoms with van der Waals surface area (Å²) in [5, 5.41) is 14.6. The minimum Gasteiger partial charge on any atom is -0.492 e. The van der Waals surface area contributed by atoms with Gasteiger partial charge in [0.15, 0.2) is 15.7 Å². The van der Waals surface area contributed by atoms with E-state index in [2.05, 4.69) is 52.7 Å². The van der Waals surface area contributed by atoms with Crippen molar-refractivity contribution >= 4 is 38.3 Å². The van der Waals surface area contributed by atoms with E-state index in [9.17, 15) is 13.2 Å². The van der Waals surface area contributed by atoms with E-state index in [1.165, 1.54) is 56.0 Å². The lowest BCUT2D eigenvalue weighted by atomic mass is 9.94. The Morgan fingerprint density at radius 1 is 0.966 bits per heavy atom. The van der Waals surface area contributed by atoms with Crippen molar-refractivity contribution < 1.29 is 17.9 Å². The van der Waals surface area contributed by atoms with Gasteiger partial charge in [-0.25, -0.2) is 18.4 Å². The molecule has 12 nitrogen and oxygen atoms in total. The van der Waals surface area contributed by atoms with Crippen LogP contribution in [0.4, 0.5) is 11.6 Å². The number of fused-ring (bicyclic) bond motifs is 2. The molecule has 4 aromatic rings. The van der Waals surface area contributed by atoms with Crippen LogP contribution in [0, 0.1) is 19.8 Å². The Morgan fingerprint density at radius 3 is 2.47 bits per heavy atom. The van der Waals surface area contributed by atoms with Crippen LogP contribution < -0.4 is 15.4 Å². The highest BCUT2D eigenvalue weighted by molar-refractivity contribution is 7.92. The fourth-order valence-electron chi connectivity index (χ4n) is 8.77. The third-order valence-corrected chi connectivity index (χ3v) is 15.3. The molecule has 2 fully saturated rings. The van der Waals surface area contributed by atoms with E-state index in [1.807, 2.05) is 19.9 Å². The van der Waals surface area contributed by atoms with E-state index in [4.69, 9.17) is 4.74 Å². The second-order valence-electron chi connectivity index (χ2n) is 17.8. The second kappa shape index (κ2) is 18.5. The molecule has 0 bridgehead atoms. The zero-order valence-corrected chi connectivity index (χ0v) is 36.1. The first-order valence-electron chi connectivity index (χ1n) is 21.7. The monoisotopic (exact) mass is 812 g/mol. The quantitative estimate of drug-likeness (QED) is 0.0896. The number of rotatable bonds is 17. The molecule has 2 saturated heterocycles. The highest BCUT2D eigenvalue weighted by Gasteiger charge is 2.36. The summed E-state index contributed by atoms with van der Waals surface area (Å²) in [4.78, 5) is 27.0. The van der Waals surface area contributed by atoms with E-state index in [1.54, 1.807) is 32.9 Å². The summed E-state index contributed by atoms with van der Waals surface area (Å²) in [6, 6.07) is 10.1. The standard InChI is InChI=1S/C45H64N8O4S/c1-31-32(2)50-51-42(31)49-43-37-26-41(58(55,56)45(3,4)5)40(27-39(37)47-30-48-43)57-25-20-33-18-23-52(24-19-33)22-11-9-7-6-8-10-14-34-15-12-17-36-38(34)29-53(44(36)54)35-16-13-21-46-28-35/h12,15,17,26-27,30,33,35,46H,6-11,13-14,16,18-25,28-29H2,1-5H3,(H2,47,48,49,50,51)/t35-/m0/s1. The Morgan fingerprint density at radius 2 is 1.74 bits per heavy atom. The van der Waals surface area contributed by atoms with Gasteiger partial charge < -0.3 is 25.2 Å². The van der Waals surface area contributed by atoms with E-state index in [0.29, 0.717) is 46.9 Å². The van der Waals surface area contributed by atoms with Gasteiger partial charge in [0.2, 0.25) is 0 Å². The van der Waals surface area contributed by atoms with Gasteiger partial charge in [0.25, 0.3) is 5.91 Å². The average molecular weight is 813 g/mol. The molecule has 2 aromatic carbocycles. The molecule has 0 saturated carbocycles. The van der Waals surface area contributed by atoms with Gasteiger partial charge in [0.05, 0.1) is 16.9 Å². The highest BCUT2D eigenvalue weighted by Crippen LogP contribution is 2.38. The molecule has 3 aliphatic heterocycles. The van der Waals surface area contributed by atoms with Crippen molar-refractivity contribution in [3.8, 4) is 5.75 Å². The summed E-state index contributed by atoms with van der Waals surface area (Å²) < 4.78 is 33.1. The molecule has 13 heteroatoms. The van der Waals surface area contributed by atoms with Crippen molar-refractivity contribution in [3.63, 3.8) is 0 Å². The molecule has 3 N–H and O–H groups in total. The van der Waals surface area contributed by atoms with Gasteiger partial charge in [-0.05, 0) is 141 Å². The Labute approximate surface area is 345 Å². The lowest BCUT2D eigenvalue weighted by Gasteiger charge is -2.32. The van der Waals surface area contributed by atoms with Crippen LogP contribution in [0.15, 0.2) is 41.6 Å². The minimum absolute atomic E-state index is 0.159. The van der Waals surface area contributed by atoms with Gasteiger partial charge in [-0.3, -0.25) is 9.89 Å². The predicted molar refractivity (Wildman–Crippen MR) is 231 cm³/mol. The number of sulfone groups is 1. The number of piperidine rings is 2. The zero-order valence-electron chi connectivity index (χ0n) is 35.3. The number of aromatic amines is 1. The molecular formula is C45H64N8O4S. The largest absolute Gasteiger partial charge is 0.492 e. The topological polar surface area (TPSA) is 145 Å². The fraction of sp³-hybridized carbons (Fsp3) is 0.600. The van der Waals surface area contributed by atoms with Crippen molar-refractivity contribution in [2.24, 2.45) is 5.92 Å². The van der Waals surface area contributed by atoms with E-state index in [0.717, 1.165) is 94.6 Å². The molecular weight excluding hydrogens is 749 g/mol. The lowest BCUT2D eigenvalue weighted by Crippen LogP contribution is -2.46. The van der Waals surface area contributed by atoms with Gasteiger partial charge in [-0.15, -0.1) is 0 Å². The highest BCUT2D eigenvalue weighted by atomic mass is 32.2. The summed E-state index contributed by atoms with van der Waals surface area (Å²) >= 11 is 0. The number of aromatic nitrogens is 4. The van der Waals surface area contributed by atoms with Crippen LogP contribution in [0.25, 0.3) is 10.9 Å². The maximum atomic E-state index is 13.9. The summed E-state index contributed by atoms with van der Waals surface area (Å²) in [6.45, 7) is 15.6. The Bertz CT molecular complexity index is 2150. The van der Waals surface area contributed by atoms with E-state index < -0.39 is 14.6 Å². The lowest BCUT2D eigenvalue weighted by molar-refractivity contribution is 0.0674. The number of hydrogen-bond acceptors (Lipinski definition) is 10. The van der Waals surface area contributed by atoms with Gasteiger partial charge in [-0.1, -0.05) is 37.8 Å². The number of aryl methyl sites for hydroxylation is 2. The predicted octanol–water partition coefficient (Wildman–Crippen LogP) is 8.06. The summed E-state index contributed by atoms with van der Waals surface area (Å²) in [5.74, 6) is 2.24. The number of unbranched alkanes of at least 4 members (excludes halogenated alkanes) is 5. The average Bonchev–Trinajstić information content (AvgIpc) is 3.73. The van der Waals surface area contributed by atoms with Crippen molar-refractivity contribution in [3.05, 3.63) is 64.6 Å². The van der Waals surface area contributed by atoms with Crippen LogP contribution in [-0.2, 0) is 22.8 Å². The van der Waals surface area contributed by atoms with Gasteiger partial charge >= 0.3 is 0 Å². The number of benzene rings is 2. The SMILES string of the molecule is Cc1[nH]nc(Nc2ncnc3cc(OCCC4CCN(CCCCCCCCc5cccc6c5CN([C@H]5CCCNC5)C6=O)CC4)c(S(=O)(=O)C(C)(C)C)cc23)c1C. The third kappa shape index (κ3) is 9.52. The van der Waals surface area contributed by atoms with E-state index in [-0.39, 0.29) is 10.8 Å². The van der Waals surface area contributed by atoms with Gasteiger partial charge in [0, 0.05) is 47.4 Å². The first kappa shape index (κ1) is 42.1. The normalized spacial score (nSPS) is 18.3. The zero-order chi connectivity index (χ0) is 40.9. The molecule has 2 aromatic heterocycles. The molecule has 0 aliphatic carbocycles. The van der Waals surface area contributed by atoms with Crippen LogP contribution in [0.1, 0.15) is 124 Å². The number of likely N-dealkylation sites (tertiary alicyclic amines) is 1. The van der Waals surface area contributed by atoms with Crippen molar-refractivity contribution in [1.82, 2.24) is 35.3 Å². The number of H-pyrrole nitrogens is 1. The maximum Gasteiger partial charge on any atom is 0.254 e. The molecule has 314 valence electrons. The molecule has 0 unspecified atom stereocenters. The summed E-state index contributed by atoms with van der Waals surface area (Å²) in [5.41, 5.74) is 6.08. The number of amides is 1. The van der Waals surface area contributed by atoms with Crippen LogP contribution in [0.2, 0.25) is 0 Å². The maximum absolute atomic E-state index is 13.9. The molecule has 1 amide bonds. The number of nitrogens with zero attached hydrogens (tertiary/aromatic N) is 5. The number of ether oxygens (including phenoxy) is 1. The Balaban J connectivity index is 0.824. The molecule has 5 heterocycles. The van der Waals surface area contributed by atoms with Crippen LogP contribution >= 0.6 is 0 Å². The molecule has 0 radical (unpaired) electrons. The Hall–Kier alpha value is -4.07. The van der Waals surface area contributed by atoms with Crippen LogP contribution in [-0.4, -0.2) is 94.4 Å². The van der Waals surface area contributed by atoms with Crippen LogP contribution in [0.5, 0.6) is 5.75 Å². The molecule has 1 atom stereocenters. The smallest absolute Gasteiger partial charge is 0.254 e. The molecule has 0 spiro atoms. The van der Waals surface area contributed by atoms with Crippen molar-refractivity contribution in [2.45, 2.75) is 134 Å². The number of nitrogens with one attached hydrogen (secondary N) is 3. The first-order valence-corrected chi connectivity index (χ1v) is 23.2.